The molecule has 2 rings (SSSR count). The molecule has 1 aromatic heterocycles. The summed E-state index contributed by atoms with van der Waals surface area (Å²) in [6, 6.07) is 10.5. The summed E-state index contributed by atoms with van der Waals surface area (Å²) in [4.78, 5) is 11.4. The van der Waals surface area contributed by atoms with E-state index in [9.17, 15) is 9.00 Å². The van der Waals surface area contributed by atoms with Crippen molar-refractivity contribution in [1.82, 2.24) is 0 Å². The van der Waals surface area contributed by atoms with Crippen LogP contribution < -0.4 is 0 Å². The zero-order valence-corrected chi connectivity index (χ0v) is 12.1. The highest BCUT2D eigenvalue weighted by atomic mass is 32.2. The van der Waals surface area contributed by atoms with Crippen molar-refractivity contribution < 1.29 is 18.5 Å². The zero-order chi connectivity index (χ0) is 14.7. The average Bonchev–Trinajstić information content (AvgIpc) is 2.87. The molecule has 0 saturated carbocycles. The third-order valence-corrected chi connectivity index (χ3v) is 4.30. The van der Waals surface area contributed by atoms with E-state index in [1.807, 2.05) is 24.3 Å². The standard InChI is InChI=1S/C15H16O4S/c1-10(2)11-3-6-13(7-4-11)20(18)9-12-5-8-14(19-12)15(16)17/h3-8,10H,9H2,1-2H3,(H,16,17). The Morgan fingerprint density at radius 2 is 1.85 bits per heavy atom. The van der Waals surface area contributed by atoms with Crippen LogP contribution in [0.25, 0.3) is 0 Å². The van der Waals surface area contributed by atoms with Crippen LogP contribution in [0.2, 0.25) is 0 Å². The summed E-state index contributed by atoms with van der Waals surface area (Å²) in [6.07, 6.45) is 0. The van der Waals surface area contributed by atoms with Crippen LogP contribution >= 0.6 is 0 Å². The molecule has 0 bridgehead atoms. The first-order valence-electron chi connectivity index (χ1n) is 6.27. The van der Waals surface area contributed by atoms with Crippen LogP contribution in [0.3, 0.4) is 0 Å². The SMILES string of the molecule is CC(C)c1ccc(S(=O)Cc2ccc(C(=O)O)o2)cc1. The normalized spacial score (nSPS) is 12.6. The maximum Gasteiger partial charge on any atom is 0.371 e. The van der Waals surface area contributed by atoms with Crippen LogP contribution in [0.1, 0.15) is 41.6 Å². The van der Waals surface area contributed by atoms with Crippen molar-refractivity contribution in [3.05, 3.63) is 53.5 Å². The second-order valence-corrected chi connectivity index (χ2v) is 6.24. The predicted molar refractivity (Wildman–Crippen MR) is 76.3 cm³/mol. The van der Waals surface area contributed by atoms with Gasteiger partial charge in [0.15, 0.2) is 0 Å². The van der Waals surface area contributed by atoms with Gasteiger partial charge in [0, 0.05) is 4.90 Å². The minimum absolute atomic E-state index is 0.132. The molecule has 0 saturated heterocycles. The first kappa shape index (κ1) is 14.5. The molecule has 1 unspecified atom stereocenters. The average molecular weight is 292 g/mol. The molecule has 20 heavy (non-hydrogen) atoms. The van der Waals surface area contributed by atoms with Gasteiger partial charge in [-0.15, -0.1) is 0 Å². The van der Waals surface area contributed by atoms with Crippen LogP contribution in [-0.4, -0.2) is 15.3 Å². The quantitative estimate of drug-likeness (QED) is 0.917. The Morgan fingerprint density at radius 1 is 1.20 bits per heavy atom. The first-order chi connectivity index (χ1) is 9.47. The Kier molecular flexibility index (Phi) is 4.39. The van der Waals surface area contributed by atoms with Gasteiger partial charge in [0.1, 0.15) is 5.76 Å². The van der Waals surface area contributed by atoms with Crippen LogP contribution in [0, 0.1) is 0 Å². The predicted octanol–water partition coefficient (Wildman–Crippen LogP) is 3.41. The molecule has 1 N–H and O–H groups in total. The molecule has 0 spiro atoms. The second kappa shape index (κ2) is 6.05. The van der Waals surface area contributed by atoms with Gasteiger partial charge < -0.3 is 9.52 Å². The molecular weight excluding hydrogens is 276 g/mol. The molecule has 0 fully saturated rings. The lowest BCUT2D eigenvalue weighted by molar-refractivity contribution is 0.0661. The molecule has 0 aliphatic carbocycles. The van der Waals surface area contributed by atoms with Crippen molar-refractivity contribution >= 4 is 16.8 Å². The third-order valence-electron chi connectivity index (χ3n) is 2.96. The van der Waals surface area contributed by atoms with E-state index >= 15 is 0 Å². The topological polar surface area (TPSA) is 67.5 Å². The van der Waals surface area contributed by atoms with Crippen LogP contribution in [-0.2, 0) is 16.6 Å². The number of hydrogen-bond acceptors (Lipinski definition) is 3. The Morgan fingerprint density at radius 3 is 2.35 bits per heavy atom. The lowest BCUT2D eigenvalue weighted by Crippen LogP contribution is -1.97. The fourth-order valence-corrected chi connectivity index (χ4v) is 2.81. The molecule has 0 radical (unpaired) electrons. The molecule has 0 aliphatic rings. The van der Waals surface area contributed by atoms with Crippen molar-refractivity contribution in [2.75, 3.05) is 0 Å². The van der Waals surface area contributed by atoms with Crippen molar-refractivity contribution in [2.24, 2.45) is 0 Å². The highest BCUT2D eigenvalue weighted by Gasteiger charge is 2.12. The van der Waals surface area contributed by atoms with E-state index in [4.69, 9.17) is 9.52 Å². The minimum Gasteiger partial charge on any atom is -0.475 e. The lowest BCUT2D eigenvalue weighted by Gasteiger charge is -2.06. The third kappa shape index (κ3) is 3.36. The van der Waals surface area contributed by atoms with Gasteiger partial charge in [-0.05, 0) is 35.7 Å². The Hall–Kier alpha value is -1.88. The first-order valence-corrected chi connectivity index (χ1v) is 7.59. The van der Waals surface area contributed by atoms with Gasteiger partial charge >= 0.3 is 5.97 Å². The number of furan rings is 1. The molecule has 0 aliphatic heterocycles. The maximum absolute atomic E-state index is 12.2. The number of carbonyl (C=O) groups is 1. The van der Waals surface area contributed by atoms with Crippen molar-refractivity contribution in [1.29, 1.82) is 0 Å². The van der Waals surface area contributed by atoms with Gasteiger partial charge in [-0.2, -0.15) is 0 Å². The Labute approximate surface area is 119 Å². The summed E-state index contributed by atoms with van der Waals surface area (Å²) in [7, 11) is -1.24. The van der Waals surface area contributed by atoms with Crippen molar-refractivity contribution in [3.63, 3.8) is 0 Å². The van der Waals surface area contributed by atoms with E-state index in [0.717, 1.165) is 0 Å². The van der Waals surface area contributed by atoms with Crippen LogP contribution in [0.15, 0.2) is 45.7 Å². The zero-order valence-electron chi connectivity index (χ0n) is 11.3. The Bertz CT molecular complexity index is 626. The number of benzene rings is 1. The van der Waals surface area contributed by atoms with Gasteiger partial charge in [0.25, 0.3) is 0 Å². The van der Waals surface area contributed by atoms with Crippen molar-refractivity contribution in [2.45, 2.75) is 30.4 Å². The van der Waals surface area contributed by atoms with Gasteiger partial charge in [0.2, 0.25) is 5.76 Å². The molecule has 4 nitrogen and oxygen atoms in total. The van der Waals surface area contributed by atoms with Gasteiger partial charge in [-0.25, -0.2) is 4.79 Å². The number of hydrogen-bond donors (Lipinski definition) is 1. The fourth-order valence-electron chi connectivity index (χ4n) is 1.79. The largest absolute Gasteiger partial charge is 0.475 e. The van der Waals surface area contributed by atoms with Gasteiger partial charge in [-0.1, -0.05) is 26.0 Å². The Balaban J connectivity index is 2.09. The van der Waals surface area contributed by atoms with Crippen LogP contribution in [0.4, 0.5) is 0 Å². The summed E-state index contributed by atoms with van der Waals surface area (Å²) < 4.78 is 17.3. The molecule has 2 aromatic rings. The molecule has 1 atom stereocenters. The summed E-state index contributed by atoms with van der Waals surface area (Å²) in [5.41, 5.74) is 1.19. The molecule has 1 heterocycles. The van der Waals surface area contributed by atoms with Crippen molar-refractivity contribution in [3.8, 4) is 0 Å². The number of rotatable bonds is 5. The van der Waals surface area contributed by atoms with Gasteiger partial charge in [-0.3, -0.25) is 4.21 Å². The van der Waals surface area contributed by atoms with Gasteiger partial charge in [0.05, 0.1) is 16.6 Å². The highest BCUT2D eigenvalue weighted by molar-refractivity contribution is 7.84. The number of aromatic carboxylic acids is 1. The molecule has 106 valence electrons. The molecular formula is C15H16O4S. The molecule has 1 aromatic carbocycles. The van der Waals surface area contributed by atoms with E-state index in [2.05, 4.69) is 13.8 Å². The van der Waals surface area contributed by atoms with E-state index in [1.54, 1.807) is 6.07 Å². The number of carboxylic acid groups (broad SMARTS) is 1. The summed E-state index contributed by atoms with van der Waals surface area (Å²) in [5, 5.41) is 8.76. The molecule has 0 amide bonds. The smallest absolute Gasteiger partial charge is 0.371 e. The summed E-state index contributed by atoms with van der Waals surface area (Å²) in [6.45, 7) is 4.20. The minimum atomic E-state index is -1.24. The van der Waals surface area contributed by atoms with Crippen LogP contribution in [0.5, 0.6) is 0 Å². The lowest BCUT2D eigenvalue weighted by atomic mass is 10.0. The molecule has 5 heteroatoms. The second-order valence-electron chi connectivity index (χ2n) is 4.78. The van der Waals surface area contributed by atoms with E-state index in [1.165, 1.54) is 11.6 Å². The highest BCUT2D eigenvalue weighted by Crippen LogP contribution is 2.19. The van der Waals surface area contributed by atoms with E-state index < -0.39 is 16.8 Å². The fraction of sp³-hybridized carbons (Fsp3) is 0.267. The number of carboxylic acids is 1. The summed E-state index contributed by atoms with van der Waals surface area (Å²) in [5.74, 6) is -0.237. The monoisotopic (exact) mass is 292 g/mol. The van der Waals surface area contributed by atoms with E-state index in [0.29, 0.717) is 16.6 Å². The summed E-state index contributed by atoms with van der Waals surface area (Å²) >= 11 is 0. The van der Waals surface area contributed by atoms with E-state index in [-0.39, 0.29) is 11.5 Å². The maximum atomic E-state index is 12.2.